The number of ether oxygens (including phenoxy) is 1. The van der Waals surface area contributed by atoms with E-state index in [4.69, 9.17) is 4.74 Å². The van der Waals surface area contributed by atoms with Crippen molar-refractivity contribution in [3.8, 4) is 5.88 Å². The molecule has 6 heteroatoms. The Kier molecular flexibility index (Phi) is 5.76. The lowest BCUT2D eigenvalue weighted by Gasteiger charge is -2.19. The summed E-state index contributed by atoms with van der Waals surface area (Å²) >= 11 is 0. The summed E-state index contributed by atoms with van der Waals surface area (Å²) < 4.78 is 18.6. The molecule has 0 saturated carbocycles. The predicted molar refractivity (Wildman–Crippen MR) is 108 cm³/mol. The molecule has 0 saturated heterocycles. The molecule has 0 aliphatic carbocycles. The predicted octanol–water partition coefficient (Wildman–Crippen LogP) is 4.91. The molecule has 5 nitrogen and oxygen atoms in total. The van der Waals surface area contributed by atoms with Crippen LogP contribution in [0.25, 0.3) is 10.9 Å². The third-order valence-electron chi connectivity index (χ3n) is 4.55. The van der Waals surface area contributed by atoms with Crippen LogP contribution in [0.4, 0.5) is 15.8 Å². The van der Waals surface area contributed by atoms with Crippen LogP contribution in [-0.2, 0) is 4.74 Å². The number of nitrogens with zero attached hydrogens (tertiary/aromatic N) is 1. The van der Waals surface area contributed by atoms with Gasteiger partial charge in [-0.3, -0.25) is 4.99 Å². The summed E-state index contributed by atoms with van der Waals surface area (Å²) in [5.74, 6) is -0.385. The minimum atomic E-state index is -0.357. The number of aromatic amines is 1. The van der Waals surface area contributed by atoms with Gasteiger partial charge >= 0.3 is 0 Å². The maximum atomic E-state index is 13.3. The summed E-state index contributed by atoms with van der Waals surface area (Å²) in [5, 5.41) is 14.3. The highest BCUT2D eigenvalue weighted by molar-refractivity contribution is 6.02. The first-order valence-electron chi connectivity index (χ1n) is 8.92. The molecule has 142 valence electrons. The second-order valence-corrected chi connectivity index (χ2v) is 6.54. The Bertz CT molecular complexity index is 965. The van der Waals surface area contributed by atoms with Crippen molar-refractivity contribution in [2.75, 3.05) is 19.0 Å². The summed E-state index contributed by atoms with van der Waals surface area (Å²) in [6, 6.07) is 10.5. The molecule has 3 aromatic rings. The molecule has 3 rings (SSSR count). The van der Waals surface area contributed by atoms with Crippen LogP contribution in [0.2, 0.25) is 0 Å². The largest absolute Gasteiger partial charge is 0.494 e. The van der Waals surface area contributed by atoms with Gasteiger partial charge in [0.2, 0.25) is 0 Å². The zero-order valence-electron chi connectivity index (χ0n) is 15.7. The highest BCUT2D eigenvalue weighted by atomic mass is 19.1. The van der Waals surface area contributed by atoms with E-state index >= 15 is 0 Å². The molecule has 1 unspecified atom stereocenters. The Morgan fingerprint density at radius 3 is 2.81 bits per heavy atom. The van der Waals surface area contributed by atoms with Gasteiger partial charge in [-0.2, -0.15) is 0 Å². The quantitative estimate of drug-likeness (QED) is 0.518. The Morgan fingerprint density at radius 2 is 2.11 bits per heavy atom. The Hall–Kier alpha value is -2.86. The van der Waals surface area contributed by atoms with Gasteiger partial charge in [0.05, 0.1) is 23.4 Å². The number of hydrogen-bond donors (Lipinski definition) is 3. The lowest BCUT2D eigenvalue weighted by Crippen LogP contribution is -2.24. The number of aryl methyl sites for hydroxylation is 1. The number of halogens is 1. The Morgan fingerprint density at radius 1 is 1.30 bits per heavy atom. The van der Waals surface area contributed by atoms with Gasteiger partial charge in [-0.1, -0.05) is 6.92 Å². The Balaban J connectivity index is 1.82. The zero-order valence-corrected chi connectivity index (χ0v) is 15.7. The molecule has 2 aromatic carbocycles. The molecule has 1 atom stereocenters. The van der Waals surface area contributed by atoms with E-state index in [0.29, 0.717) is 17.7 Å². The van der Waals surface area contributed by atoms with E-state index < -0.39 is 0 Å². The Labute approximate surface area is 157 Å². The number of fused-ring (bicyclic) bond motifs is 1. The molecular weight excluding hydrogens is 345 g/mol. The van der Waals surface area contributed by atoms with Gasteiger partial charge in [-0.15, -0.1) is 0 Å². The fourth-order valence-corrected chi connectivity index (χ4v) is 3.02. The molecule has 0 aliphatic heterocycles. The van der Waals surface area contributed by atoms with Crippen LogP contribution in [0.15, 0.2) is 41.4 Å². The first kappa shape index (κ1) is 18.9. The normalized spacial score (nSPS) is 12.7. The minimum absolute atomic E-state index is 0.0280. The summed E-state index contributed by atoms with van der Waals surface area (Å²) in [6.45, 7) is 4.79. The van der Waals surface area contributed by atoms with E-state index in [1.165, 1.54) is 12.1 Å². The average molecular weight is 369 g/mol. The second kappa shape index (κ2) is 8.22. The number of hydrogen-bond acceptors (Lipinski definition) is 4. The first-order chi connectivity index (χ1) is 13.0. The lowest BCUT2D eigenvalue weighted by molar-refractivity contribution is 0.184. The van der Waals surface area contributed by atoms with Crippen LogP contribution in [-0.4, -0.2) is 36.1 Å². The van der Waals surface area contributed by atoms with Crippen molar-refractivity contribution in [3.63, 3.8) is 0 Å². The monoisotopic (exact) mass is 369 g/mol. The molecule has 1 aromatic heterocycles. The van der Waals surface area contributed by atoms with E-state index in [1.54, 1.807) is 19.4 Å². The molecule has 3 N–H and O–H groups in total. The fourth-order valence-electron chi connectivity index (χ4n) is 3.02. The van der Waals surface area contributed by atoms with Gasteiger partial charge < -0.3 is 20.1 Å². The van der Waals surface area contributed by atoms with Crippen molar-refractivity contribution in [2.24, 2.45) is 4.99 Å². The van der Waals surface area contributed by atoms with Crippen molar-refractivity contribution < 1.29 is 14.2 Å². The van der Waals surface area contributed by atoms with Crippen molar-refractivity contribution in [2.45, 2.75) is 26.3 Å². The third-order valence-corrected chi connectivity index (χ3v) is 4.55. The SMILES string of the molecule is CCC(COC)Nc1ccc(N=Cc2c(O)[nH]c3cc(F)ccc23)cc1C. The van der Waals surface area contributed by atoms with Crippen molar-refractivity contribution in [3.05, 3.63) is 53.3 Å². The lowest BCUT2D eigenvalue weighted by atomic mass is 10.1. The number of aromatic hydroxyl groups is 1. The fraction of sp³-hybridized carbons (Fsp3) is 0.286. The molecule has 27 heavy (non-hydrogen) atoms. The third kappa shape index (κ3) is 4.28. The minimum Gasteiger partial charge on any atom is -0.494 e. The smallest absolute Gasteiger partial charge is 0.198 e. The highest BCUT2D eigenvalue weighted by Crippen LogP contribution is 2.28. The van der Waals surface area contributed by atoms with Gasteiger partial charge in [0.1, 0.15) is 5.82 Å². The number of rotatable bonds is 7. The maximum absolute atomic E-state index is 13.3. The topological polar surface area (TPSA) is 69.6 Å². The molecular formula is C21H24FN3O2. The van der Waals surface area contributed by atoms with Crippen molar-refractivity contribution in [1.82, 2.24) is 4.98 Å². The summed E-state index contributed by atoms with van der Waals surface area (Å²) in [6.07, 6.45) is 2.56. The van der Waals surface area contributed by atoms with Gasteiger partial charge in [-0.05, 0) is 55.3 Å². The molecule has 0 spiro atoms. The van der Waals surface area contributed by atoms with Gasteiger partial charge in [-0.25, -0.2) is 4.39 Å². The molecule has 1 heterocycles. The number of aliphatic imine (C=N–C) groups is 1. The van der Waals surface area contributed by atoms with Crippen molar-refractivity contribution in [1.29, 1.82) is 0 Å². The number of benzene rings is 2. The van der Waals surface area contributed by atoms with Gasteiger partial charge in [0, 0.05) is 30.4 Å². The van der Waals surface area contributed by atoms with Crippen molar-refractivity contribution >= 4 is 28.5 Å². The number of anilines is 1. The van der Waals surface area contributed by atoms with Gasteiger partial charge in [0.15, 0.2) is 5.88 Å². The number of H-pyrrole nitrogens is 1. The zero-order chi connectivity index (χ0) is 19.4. The first-order valence-corrected chi connectivity index (χ1v) is 8.92. The molecule has 0 fully saturated rings. The molecule has 0 amide bonds. The van der Waals surface area contributed by atoms with E-state index in [0.717, 1.165) is 28.7 Å². The molecule has 0 aliphatic rings. The van der Waals surface area contributed by atoms with E-state index in [2.05, 4.69) is 22.2 Å². The number of nitrogens with one attached hydrogen (secondary N) is 2. The van der Waals surface area contributed by atoms with Crippen LogP contribution in [0.5, 0.6) is 5.88 Å². The molecule has 0 radical (unpaired) electrons. The average Bonchev–Trinajstić information content (AvgIpc) is 2.95. The summed E-state index contributed by atoms with van der Waals surface area (Å²) in [7, 11) is 1.70. The summed E-state index contributed by atoms with van der Waals surface area (Å²) in [4.78, 5) is 7.24. The van der Waals surface area contributed by atoms with Crippen LogP contribution in [0.3, 0.4) is 0 Å². The molecule has 0 bridgehead atoms. The van der Waals surface area contributed by atoms with E-state index in [1.807, 2.05) is 25.1 Å². The number of aromatic nitrogens is 1. The van der Waals surface area contributed by atoms with Crippen LogP contribution < -0.4 is 5.32 Å². The van der Waals surface area contributed by atoms with Gasteiger partial charge in [0.25, 0.3) is 0 Å². The summed E-state index contributed by atoms with van der Waals surface area (Å²) in [5.41, 5.74) is 3.96. The number of methoxy groups -OCH3 is 1. The van der Waals surface area contributed by atoms with E-state index in [9.17, 15) is 9.50 Å². The van der Waals surface area contributed by atoms with E-state index in [-0.39, 0.29) is 17.7 Å². The van der Waals surface area contributed by atoms with Crippen LogP contribution >= 0.6 is 0 Å². The van der Waals surface area contributed by atoms with Crippen LogP contribution in [0, 0.1) is 12.7 Å². The van der Waals surface area contributed by atoms with Crippen LogP contribution in [0.1, 0.15) is 24.5 Å². The maximum Gasteiger partial charge on any atom is 0.198 e. The standard InChI is InChI=1S/C21H24FN3O2/c1-4-15(12-27-3)24-19-8-6-16(9-13(19)2)23-11-18-17-7-5-14(22)10-20(17)25-21(18)26/h5-11,15,24-26H,4,12H2,1-3H3. The second-order valence-electron chi connectivity index (χ2n) is 6.54. The highest BCUT2D eigenvalue weighted by Gasteiger charge is 2.10.